The number of ether oxygens (including phenoxy) is 1. The molecule has 0 amide bonds. The third-order valence-corrected chi connectivity index (χ3v) is 7.82. The molecule has 0 saturated carbocycles. The SMILES string of the molecule is CCCCCCCCCCCCCCCCC(=O)OC(C)CCCCCCCCCCCCCCC(=O)O. The minimum absolute atomic E-state index is 0.00155. The van der Waals surface area contributed by atoms with Crippen LogP contribution in [0.3, 0.4) is 0 Å². The van der Waals surface area contributed by atoms with E-state index in [1.807, 2.05) is 6.92 Å². The maximum Gasteiger partial charge on any atom is 0.306 e. The van der Waals surface area contributed by atoms with Gasteiger partial charge in [0.25, 0.3) is 0 Å². The Balaban J connectivity index is 3.29. The summed E-state index contributed by atoms with van der Waals surface area (Å²) in [6.07, 6.45) is 35.2. The number of carbonyl (C=O) groups excluding carboxylic acids is 1. The van der Waals surface area contributed by atoms with E-state index in [9.17, 15) is 9.59 Å². The van der Waals surface area contributed by atoms with Crippen molar-refractivity contribution in [3.8, 4) is 0 Å². The van der Waals surface area contributed by atoms with Gasteiger partial charge in [-0.15, -0.1) is 0 Å². The number of carboxylic acid groups (broad SMARTS) is 1. The monoisotopic (exact) mass is 538 g/mol. The highest BCUT2D eigenvalue weighted by atomic mass is 16.5. The lowest BCUT2D eigenvalue weighted by atomic mass is 10.0. The molecule has 0 aliphatic carbocycles. The van der Waals surface area contributed by atoms with Gasteiger partial charge in [0.05, 0.1) is 6.10 Å². The average Bonchev–Trinajstić information content (AvgIpc) is 2.88. The number of hydrogen-bond acceptors (Lipinski definition) is 3. The van der Waals surface area contributed by atoms with Gasteiger partial charge in [0.15, 0.2) is 0 Å². The molecule has 0 saturated heterocycles. The average molecular weight is 539 g/mol. The number of esters is 1. The van der Waals surface area contributed by atoms with Crippen LogP contribution < -0.4 is 0 Å². The topological polar surface area (TPSA) is 63.6 Å². The third-order valence-electron chi connectivity index (χ3n) is 7.82. The lowest BCUT2D eigenvalue weighted by molar-refractivity contribution is -0.148. The molecule has 0 aromatic carbocycles. The maximum absolute atomic E-state index is 12.1. The first kappa shape index (κ1) is 36.9. The minimum Gasteiger partial charge on any atom is -0.481 e. The molecule has 0 aliphatic rings. The number of unbranched alkanes of at least 4 members (excludes halogenated alkanes) is 24. The van der Waals surface area contributed by atoms with E-state index in [-0.39, 0.29) is 12.1 Å². The molecule has 0 aromatic rings. The molecule has 4 heteroatoms. The second-order valence-corrected chi connectivity index (χ2v) is 11.8. The van der Waals surface area contributed by atoms with Crippen molar-refractivity contribution in [2.24, 2.45) is 0 Å². The van der Waals surface area contributed by atoms with Crippen LogP contribution in [-0.4, -0.2) is 23.1 Å². The highest BCUT2D eigenvalue weighted by molar-refractivity contribution is 5.69. The van der Waals surface area contributed by atoms with Crippen LogP contribution in [0.4, 0.5) is 0 Å². The number of carboxylic acids is 1. The Bertz CT molecular complexity index is 505. The van der Waals surface area contributed by atoms with Gasteiger partial charge in [0.1, 0.15) is 0 Å². The second kappa shape index (κ2) is 30.5. The van der Waals surface area contributed by atoms with Crippen molar-refractivity contribution in [1.82, 2.24) is 0 Å². The predicted octanol–water partition coefficient (Wildman–Crippen LogP) is 11.3. The third kappa shape index (κ3) is 31.2. The maximum atomic E-state index is 12.1. The molecule has 1 unspecified atom stereocenters. The summed E-state index contributed by atoms with van der Waals surface area (Å²) >= 11 is 0. The van der Waals surface area contributed by atoms with Crippen molar-refractivity contribution in [3.63, 3.8) is 0 Å². The van der Waals surface area contributed by atoms with Gasteiger partial charge in [-0.05, 0) is 32.6 Å². The van der Waals surface area contributed by atoms with Crippen LogP contribution in [0.15, 0.2) is 0 Å². The first-order chi connectivity index (χ1) is 18.6. The lowest BCUT2D eigenvalue weighted by Crippen LogP contribution is -2.14. The van der Waals surface area contributed by atoms with Gasteiger partial charge < -0.3 is 9.84 Å². The molecule has 1 N–H and O–H groups in total. The van der Waals surface area contributed by atoms with Gasteiger partial charge >= 0.3 is 11.9 Å². The summed E-state index contributed by atoms with van der Waals surface area (Å²) in [5, 5.41) is 8.63. The zero-order valence-corrected chi connectivity index (χ0v) is 25.8. The Hall–Kier alpha value is -1.06. The number of hydrogen-bond donors (Lipinski definition) is 1. The van der Waals surface area contributed by atoms with E-state index in [0.29, 0.717) is 12.8 Å². The molecule has 0 radical (unpaired) electrons. The van der Waals surface area contributed by atoms with Gasteiger partial charge in [0, 0.05) is 12.8 Å². The molecule has 0 aromatic heterocycles. The van der Waals surface area contributed by atoms with Gasteiger partial charge in [-0.25, -0.2) is 0 Å². The van der Waals surface area contributed by atoms with E-state index in [1.54, 1.807) is 0 Å². The summed E-state index contributed by atoms with van der Waals surface area (Å²) in [7, 11) is 0. The van der Waals surface area contributed by atoms with Crippen LogP contribution in [0, 0.1) is 0 Å². The van der Waals surface area contributed by atoms with Gasteiger partial charge in [0.2, 0.25) is 0 Å². The zero-order chi connectivity index (χ0) is 27.9. The second-order valence-electron chi connectivity index (χ2n) is 11.8. The molecular weight excluding hydrogens is 472 g/mol. The minimum atomic E-state index is -0.670. The van der Waals surface area contributed by atoms with Crippen molar-refractivity contribution in [1.29, 1.82) is 0 Å². The molecule has 0 spiro atoms. The van der Waals surface area contributed by atoms with E-state index in [0.717, 1.165) is 38.5 Å². The van der Waals surface area contributed by atoms with E-state index >= 15 is 0 Å². The summed E-state index contributed by atoms with van der Waals surface area (Å²) in [5.74, 6) is -0.672. The molecule has 0 fully saturated rings. The van der Waals surface area contributed by atoms with Crippen molar-refractivity contribution in [3.05, 3.63) is 0 Å². The standard InChI is InChI=1S/C34H66O4/c1-3-4-5-6-7-8-9-10-11-16-19-22-25-28-31-34(37)38-32(2)29-26-23-20-17-14-12-13-15-18-21-24-27-30-33(35)36/h32H,3-31H2,1-2H3,(H,35,36). The summed E-state index contributed by atoms with van der Waals surface area (Å²) in [6.45, 7) is 4.33. The Morgan fingerprint density at radius 2 is 0.816 bits per heavy atom. The van der Waals surface area contributed by atoms with Crippen molar-refractivity contribution >= 4 is 11.9 Å². The van der Waals surface area contributed by atoms with Crippen molar-refractivity contribution < 1.29 is 19.4 Å². The van der Waals surface area contributed by atoms with E-state index in [1.165, 1.54) is 135 Å². The zero-order valence-electron chi connectivity index (χ0n) is 25.8. The summed E-state index contributed by atoms with van der Waals surface area (Å²) in [5.41, 5.74) is 0. The fraction of sp³-hybridized carbons (Fsp3) is 0.941. The highest BCUT2D eigenvalue weighted by Gasteiger charge is 2.09. The van der Waals surface area contributed by atoms with Crippen LogP contribution in [0.25, 0.3) is 0 Å². The highest BCUT2D eigenvalue weighted by Crippen LogP contribution is 2.16. The van der Waals surface area contributed by atoms with E-state index in [4.69, 9.17) is 9.84 Å². The largest absolute Gasteiger partial charge is 0.481 e. The van der Waals surface area contributed by atoms with Crippen LogP contribution in [0.1, 0.15) is 200 Å². The molecule has 0 aliphatic heterocycles. The van der Waals surface area contributed by atoms with E-state index < -0.39 is 5.97 Å². The fourth-order valence-corrected chi connectivity index (χ4v) is 5.28. The fourth-order valence-electron chi connectivity index (χ4n) is 5.28. The van der Waals surface area contributed by atoms with E-state index in [2.05, 4.69) is 6.92 Å². The lowest BCUT2D eigenvalue weighted by Gasteiger charge is -2.13. The van der Waals surface area contributed by atoms with Crippen LogP contribution in [0.5, 0.6) is 0 Å². The molecule has 1 atom stereocenters. The molecule has 4 nitrogen and oxygen atoms in total. The molecular formula is C34H66O4. The first-order valence-electron chi connectivity index (χ1n) is 17.0. The summed E-state index contributed by atoms with van der Waals surface area (Å²) < 4.78 is 5.61. The normalized spacial score (nSPS) is 12.1. The quantitative estimate of drug-likeness (QED) is 0.0704. The van der Waals surface area contributed by atoms with Gasteiger partial charge in [-0.3, -0.25) is 9.59 Å². The molecule has 38 heavy (non-hydrogen) atoms. The summed E-state index contributed by atoms with van der Waals surface area (Å²) in [6, 6.07) is 0. The molecule has 226 valence electrons. The first-order valence-corrected chi connectivity index (χ1v) is 17.0. The Kier molecular flexibility index (Phi) is 29.6. The van der Waals surface area contributed by atoms with Gasteiger partial charge in [-0.2, -0.15) is 0 Å². The van der Waals surface area contributed by atoms with Crippen LogP contribution in [0.2, 0.25) is 0 Å². The Labute approximate surface area is 237 Å². The number of carbonyl (C=O) groups is 2. The van der Waals surface area contributed by atoms with Crippen molar-refractivity contribution in [2.75, 3.05) is 0 Å². The molecule has 0 bridgehead atoms. The Morgan fingerprint density at radius 1 is 0.500 bits per heavy atom. The number of aliphatic carboxylic acids is 1. The number of rotatable bonds is 31. The van der Waals surface area contributed by atoms with Crippen LogP contribution >= 0.6 is 0 Å². The summed E-state index contributed by atoms with van der Waals surface area (Å²) in [4.78, 5) is 22.6. The Morgan fingerprint density at radius 3 is 1.18 bits per heavy atom. The van der Waals surface area contributed by atoms with Crippen LogP contribution in [-0.2, 0) is 14.3 Å². The van der Waals surface area contributed by atoms with Crippen molar-refractivity contribution in [2.45, 2.75) is 206 Å². The smallest absolute Gasteiger partial charge is 0.306 e. The molecule has 0 heterocycles. The predicted molar refractivity (Wildman–Crippen MR) is 163 cm³/mol. The molecule has 0 rings (SSSR count). The van der Waals surface area contributed by atoms with Gasteiger partial charge in [-0.1, -0.05) is 155 Å².